The molecule has 2 heterocycles. The highest BCUT2D eigenvalue weighted by Crippen LogP contribution is 2.48. The molecule has 9 heteroatoms. The topological polar surface area (TPSA) is 82.5 Å². The number of hydrogen-bond acceptors (Lipinski definition) is 5. The molecule has 1 fully saturated rings. The molecule has 2 N–H and O–H groups in total. The fraction of sp³-hybridized carbons (Fsp3) is 0.300. The Morgan fingerprint density at radius 2 is 1.77 bits per heavy atom. The minimum atomic E-state index is -0.774. The molecule has 1 aliphatic heterocycles. The molecule has 1 aromatic heterocycles. The lowest BCUT2D eigenvalue weighted by molar-refractivity contribution is -0.119. The molecule has 200 valence electrons. The quantitative estimate of drug-likeness (QED) is 0.267. The molecule has 0 unspecified atom stereocenters. The number of nitrogens with one attached hydrogen (secondary N) is 1. The summed E-state index contributed by atoms with van der Waals surface area (Å²) >= 11 is 14.4. The largest absolute Gasteiger partial charge is 0.390 e. The van der Waals surface area contributed by atoms with Gasteiger partial charge in [0.05, 0.1) is 27.8 Å². The first kappa shape index (κ1) is 26.3. The highest BCUT2D eigenvalue weighted by atomic mass is 35.5. The number of aliphatic hydroxyl groups is 1. The van der Waals surface area contributed by atoms with Crippen LogP contribution in [0.3, 0.4) is 0 Å². The standard InChI is InChI=1S/C30H27Cl2N3O3S/c1-30(38)14-12-18(13-15-30)35-26(21-11-10-17(31)16-22(21)32)25(19-6-2-3-7-20(19)28(35)37)27(36)34-29-33-23-8-4-5-9-24(23)39-29/h2-11,16,18,25-26,38H,12-15H2,1H3,(H,33,34,36)/t18?,25-,26+,30?/m1/s1. The van der Waals surface area contributed by atoms with Gasteiger partial charge in [0.25, 0.3) is 5.91 Å². The predicted octanol–water partition coefficient (Wildman–Crippen LogP) is 7.22. The van der Waals surface area contributed by atoms with Crippen molar-refractivity contribution in [3.05, 3.63) is 93.5 Å². The van der Waals surface area contributed by atoms with Crippen molar-refractivity contribution >= 4 is 61.7 Å². The van der Waals surface area contributed by atoms with E-state index < -0.39 is 17.6 Å². The fourth-order valence-corrected chi connectivity index (χ4v) is 7.31. The molecular formula is C30H27Cl2N3O3S. The summed E-state index contributed by atoms with van der Waals surface area (Å²) in [4.78, 5) is 34.8. The van der Waals surface area contributed by atoms with Crippen molar-refractivity contribution in [3.8, 4) is 0 Å². The molecule has 2 amide bonds. The summed E-state index contributed by atoms with van der Waals surface area (Å²) < 4.78 is 0.972. The summed E-state index contributed by atoms with van der Waals surface area (Å²) in [6, 6.07) is 19.4. The lowest BCUT2D eigenvalue weighted by atomic mass is 9.75. The number of anilines is 1. The molecule has 0 spiro atoms. The number of benzene rings is 3. The third-order valence-corrected chi connectivity index (χ3v) is 9.40. The lowest BCUT2D eigenvalue weighted by Crippen LogP contribution is -2.52. The number of para-hydroxylation sites is 1. The average molecular weight is 581 g/mol. The van der Waals surface area contributed by atoms with Gasteiger partial charge in [0, 0.05) is 21.7 Å². The molecule has 2 aliphatic rings. The molecule has 1 aliphatic carbocycles. The van der Waals surface area contributed by atoms with Crippen molar-refractivity contribution in [1.82, 2.24) is 9.88 Å². The summed E-state index contributed by atoms with van der Waals surface area (Å²) in [5.41, 5.74) is 1.84. The molecule has 2 atom stereocenters. The van der Waals surface area contributed by atoms with Gasteiger partial charge in [-0.1, -0.05) is 70.9 Å². The van der Waals surface area contributed by atoms with Crippen LogP contribution in [-0.4, -0.2) is 38.4 Å². The number of fused-ring (bicyclic) bond motifs is 2. The Balaban J connectivity index is 1.48. The van der Waals surface area contributed by atoms with Crippen molar-refractivity contribution in [2.24, 2.45) is 0 Å². The maximum Gasteiger partial charge on any atom is 0.254 e. The highest BCUT2D eigenvalue weighted by Gasteiger charge is 2.48. The van der Waals surface area contributed by atoms with Gasteiger partial charge < -0.3 is 15.3 Å². The Morgan fingerprint density at radius 3 is 2.51 bits per heavy atom. The number of halogens is 2. The maximum atomic E-state index is 14.2. The number of aromatic nitrogens is 1. The van der Waals surface area contributed by atoms with Crippen LogP contribution in [0.15, 0.2) is 66.7 Å². The summed E-state index contributed by atoms with van der Waals surface area (Å²) in [5.74, 6) is -1.15. The second-order valence-corrected chi connectivity index (χ2v) is 12.5. The van der Waals surface area contributed by atoms with E-state index >= 15 is 0 Å². The minimum absolute atomic E-state index is 0.141. The van der Waals surface area contributed by atoms with Gasteiger partial charge in [-0.2, -0.15) is 0 Å². The highest BCUT2D eigenvalue weighted by molar-refractivity contribution is 7.22. The van der Waals surface area contributed by atoms with Gasteiger partial charge >= 0.3 is 0 Å². The fourth-order valence-electron chi connectivity index (χ4n) is 5.92. The van der Waals surface area contributed by atoms with E-state index in [0.717, 1.165) is 10.2 Å². The number of carbonyl (C=O) groups excluding carboxylic acids is 2. The first-order valence-electron chi connectivity index (χ1n) is 13.0. The van der Waals surface area contributed by atoms with E-state index in [0.29, 0.717) is 57.6 Å². The molecule has 4 aromatic rings. The zero-order chi connectivity index (χ0) is 27.3. The number of rotatable bonds is 4. The summed E-state index contributed by atoms with van der Waals surface area (Å²) in [6.45, 7) is 1.83. The van der Waals surface area contributed by atoms with Crippen LogP contribution in [0.2, 0.25) is 10.0 Å². The number of thiazole rings is 1. The number of amides is 2. The molecule has 0 bridgehead atoms. The molecule has 39 heavy (non-hydrogen) atoms. The van der Waals surface area contributed by atoms with Crippen LogP contribution < -0.4 is 5.32 Å². The Morgan fingerprint density at radius 1 is 1.05 bits per heavy atom. The monoisotopic (exact) mass is 579 g/mol. The van der Waals surface area contributed by atoms with E-state index in [-0.39, 0.29) is 17.9 Å². The van der Waals surface area contributed by atoms with Crippen molar-refractivity contribution in [2.45, 2.75) is 56.2 Å². The Hall–Kier alpha value is -2.97. The van der Waals surface area contributed by atoms with Crippen LogP contribution in [0.4, 0.5) is 5.13 Å². The normalized spacial score (nSPS) is 25.0. The van der Waals surface area contributed by atoms with Crippen LogP contribution in [0.25, 0.3) is 10.2 Å². The van der Waals surface area contributed by atoms with Crippen LogP contribution >= 0.6 is 34.5 Å². The van der Waals surface area contributed by atoms with Gasteiger partial charge in [0.1, 0.15) is 0 Å². The molecule has 1 saturated carbocycles. The second kappa shape index (κ2) is 10.2. The Bertz CT molecular complexity index is 1540. The third kappa shape index (κ3) is 4.93. The third-order valence-electron chi connectivity index (χ3n) is 7.89. The van der Waals surface area contributed by atoms with E-state index in [1.54, 1.807) is 24.3 Å². The SMILES string of the molecule is CC1(O)CCC(N2C(=O)c3ccccc3[C@@H](C(=O)Nc3nc4ccccc4s3)[C@@H]2c2ccc(Cl)cc2Cl)CC1. The zero-order valence-corrected chi connectivity index (χ0v) is 23.6. The van der Waals surface area contributed by atoms with E-state index in [2.05, 4.69) is 10.3 Å². The summed E-state index contributed by atoms with van der Waals surface area (Å²) in [5, 5.41) is 15.0. The second-order valence-electron chi connectivity index (χ2n) is 10.6. The maximum absolute atomic E-state index is 14.2. The smallest absolute Gasteiger partial charge is 0.254 e. The van der Waals surface area contributed by atoms with Crippen LogP contribution in [0.5, 0.6) is 0 Å². The van der Waals surface area contributed by atoms with Crippen molar-refractivity contribution in [1.29, 1.82) is 0 Å². The van der Waals surface area contributed by atoms with Gasteiger partial charge in [0.15, 0.2) is 5.13 Å². The van der Waals surface area contributed by atoms with E-state index in [1.807, 2.05) is 54.3 Å². The number of hydrogen-bond donors (Lipinski definition) is 2. The minimum Gasteiger partial charge on any atom is -0.390 e. The van der Waals surface area contributed by atoms with E-state index in [9.17, 15) is 14.7 Å². The Labute approximate surface area is 240 Å². The van der Waals surface area contributed by atoms with E-state index in [4.69, 9.17) is 23.2 Å². The lowest BCUT2D eigenvalue weighted by Gasteiger charge is -2.48. The predicted molar refractivity (Wildman–Crippen MR) is 156 cm³/mol. The summed E-state index contributed by atoms with van der Waals surface area (Å²) in [7, 11) is 0. The molecule has 3 aromatic carbocycles. The van der Waals surface area contributed by atoms with Gasteiger partial charge in [-0.3, -0.25) is 9.59 Å². The molecule has 6 rings (SSSR count). The molecular weight excluding hydrogens is 553 g/mol. The molecule has 6 nitrogen and oxygen atoms in total. The zero-order valence-electron chi connectivity index (χ0n) is 21.2. The van der Waals surface area contributed by atoms with Crippen molar-refractivity contribution in [3.63, 3.8) is 0 Å². The van der Waals surface area contributed by atoms with Gasteiger partial charge in [-0.25, -0.2) is 4.98 Å². The molecule has 0 radical (unpaired) electrons. The average Bonchev–Trinajstić information content (AvgIpc) is 3.31. The van der Waals surface area contributed by atoms with Gasteiger partial charge in [-0.05, 0) is 74.1 Å². The van der Waals surface area contributed by atoms with Crippen LogP contribution in [0.1, 0.15) is 66.1 Å². The van der Waals surface area contributed by atoms with Gasteiger partial charge in [0.2, 0.25) is 5.91 Å². The van der Waals surface area contributed by atoms with Crippen LogP contribution in [-0.2, 0) is 4.79 Å². The van der Waals surface area contributed by atoms with Gasteiger partial charge in [-0.15, -0.1) is 0 Å². The van der Waals surface area contributed by atoms with Crippen LogP contribution in [0, 0.1) is 0 Å². The first-order chi connectivity index (χ1) is 18.7. The first-order valence-corrected chi connectivity index (χ1v) is 14.5. The summed E-state index contributed by atoms with van der Waals surface area (Å²) in [6.07, 6.45) is 2.36. The molecule has 0 saturated heterocycles. The van der Waals surface area contributed by atoms with E-state index in [1.165, 1.54) is 11.3 Å². The van der Waals surface area contributed by atoms with Crippen molar-refractivity contribution < 1.29 is 14.7 Å². The van der Waals surface area contributed by atoms with Crippen molar-refractivity contribution in [2.75, 3.05) is 5.32 Å². The Kier molecular flexibility index (Phi) is 6.88. The number of carbonyl (C=O) groups is 2. The number of nitrogens with zero attached hydrogens (tertiary/aromatic N) is 2.